The number of rotatable bonds is 9. The number of aliphatic carboxylic acids is 1. The summed E-state index contributed by atoms with van der Waals surface area (Å²) in [7, 11) is 0. The first-order chi connectivity index (χ1) is 12.3. The van der Waals surface area contributed by atoms with Crippen molar-refractivity contribution in [3.8, 4) is 0 Å². The highest BCUT2D eigenvalue weighted by Crippen LogP contribution is 2.38. The molecule has 3 unspecified atom stereocenters. The molecule has 0 amide bonds. The molecular weight excluding hydrogens is 328 g/mol. The Balaban J connectivity index is 1.75. The molecule has 0 saturated heterocycles. The number of carboxylic acids is 1. The molecule has 5 heteroatoms. The first kappa shape index (κ1) is 19.3. The van der Waals surface area contributed by atoms with E-state index in [0.717, 1.165) is 24.3 Å². The first-order valence-electron chi connectivity index (χ1n) is 9.96. The summed E-state index contributed by atoms with van der Waals surface area (Å²) >= 11 is 0. The fourth-order valence-electron chi connectivity index (χ4n) is 4.25. The number of aromatic nitrogens is 1. The van der Waals surface area contributed by atoms with Crippen LogP contribution < -0.4 is 5.73 Å². The minimum absolute atomic E-state index is 0.0191. The van der Waals surface area contributed by atoms with Gasteiger partial charge >= 0.3 is 5.97 Å². The lowest BCUT2D eigenvalue weighted by molar-refractivity contribution is -0.161. The maximum absolute atomic E-state index is 11.8. The van der Waals surface area contributed by atoms with Gasteiger partial charge in [0.05, 0.1) is 0 Å². The molecule has 1 saturated carbocycles. The van der Waals surface area contributed by atoms with Gasteiger partial charge in [-0.3, -0.25) is 4.98 Å². The summed E-state index contributed by atoms with van der Waals surface area (Å²) in [4.78, 5) is 16.3. The molecule has 1 aromatic heterocycles. The van der Waals surface area contributed by atoms with Crippen LogP contribution >= 0.6 is 0 Å². The molecule has 0 bridgehead atoms. The van der Waals surface area contributed by atoms with Crippen molar-refractivity contribution < 1.29 is 15.0 Å². The largest absolute Gasteiger partial charge is 0.479 e. The SMILES string of the molecule is CC(C)CC(N)C(O)(Cc1nccc2c1CC(CCC1CC1)C2)C(=O)O. The van der Waals surface area contributed by atoms with Gasteiger partial charge < -0.3 is 15.9 Å². The van der Waals surface area contributed by atoms with Crippen LogP contribution in [0.2, 0.25) is 0 Å². The highest BCUT2D eigenvalue weighted by Gasteiger charge is 2.44. The lowest BCUT2D eigenvalue weighted by Crippen LogP contribution is -2.56. The van der Waals surface area contributed by atoms with Crippen molar-refractivity contribution in [3.05, 3.63) is 29.1 Å². The molecule has 3 rings (SSSR count). The van der Waals surface area contributed by atoms with Gasteiger partial charge in [-0.25, -0.2) is 4.79 Å². The van der Waals surface area contributed by atoms with Gasteiger partial charge in [0.15, 0.2) is 5.60 Å². The van der Waals surface area contributed by atoms with E-state index < -0.39 is 17.6 Å². The molecule has 3 atom stereocenters. The van der Waals surface area contributed by atoms with Crippen molar-refractivity contribution >= 4 is 5.97 Å². The average Bonchev–Trinajstić information content (AvgIpc) is 3.30. The van der Waals surface area contributed by atoms with Gasteiger partial charge in [0, 0.05) is 24.4 Å². The molecule has 5 nitrogen and oxygen atoms in total. The average molecular weight is 360 g/mol. The molecule has 0 aromatic carbocycles. The summed E-state index contributed by atoms with van der Waals surface area (Å²) in [5.41, 5.74) is 7.25. The number of carbonyl (C=O) groups is 1. The standard InChI is InChI=1S/C21H32N2O3/c1-13(2)9-19(22)21(26,20(24)25)12-18-17-11-15(6-5-14-3-4-14)10-16(17)7-8-23-18/h7-8,13-15,19,26H,3-6,9-12,22H2,1-2H3,(H,24,25). The van der Waals surface area contributed by atoms with Crippen molar-refractivity contribution in [1.29, 1.82) is 0 Å². The molecule has 1 aromatic rings. The number of pyridine rings is 1. The number of nitrogens with two attached hydrogens (primary N) is 1. The van der Waals surface area contributed by atoms with E-state index in [1.54, 1.807) is 6.20 Å². The van der Waals surface area contributed by atoms with Gasteiger partial charge in [0.1, 0.15) is 0 Å². The maximum Gasteiger partial charge on any atom is 0.337 e. The van der Waals surface area contributed by atoms with E-state index in [2.05, 4.69) is 4.98 Å². The van der Waals surface area contributed by atoms with Crippen LogP contribution in [0.25, 0.3) is 0 Å². The minimum atomic E-state index is -1.97. The van der Waals surface area contributed by atoms with Crippen LogP contribution in [0.4, 0.5) is 0 Å². The summed E-state index contributed by atoms with van der Waals surface area (Å²) in [6, 6.07) is 1.23. The highest BCUT2D eigenvalue weighted by atomic mass is 16.4. The molecule has 0 radical (unpaired) electrons. The first-order valence-corrected chi connectivity index (χ1v) is 9.96. The van der Waals surface area contributed by atoms with Crippen LogP contribution in [0.15, 0.2) is 12.3 Å². The normalized spacial score (nSPS) is 22.9. The van der Waals surface area contributed by atoms with Crippen LogP contribution in [-0.2, 0) is 24.1 Å². The number of aliphatic hydroxyl groups is 1. The third-order valence-corrected chi connectivity index (χ3v) is 6.07. The minimum Gasteiger partial charge on any atom is -0.479 e. The molecule has 0 aliphatic heterocycles. The molecule has 0 spiro atoms. The van der Waals surface area contributed by atoms with Crippen LogP contribution in [0.5, 0.6) is 0 Å². The van der Waals surface area contributed by atoms with Crippen LogP contribution in [0.3, 0.4) is 0 Å². The molecule has 4 N–H and O–H groups in total. The number of carboxylic acid groups (broad SMARTS) is 1. The van der Waals surface area contributed by atoms with E-state index in [-0.39, 0.29) is 12.3 Å². The van der Waals surface area contributed by atoms with Crippen molar-refractivity contribution in [1.82, 2.24) is 4.98 Å². The monoisotopic (exact) mass is 360 g/mol. The molecule has 26 heavy (non-hydrogen) atoms. The van der Waals surface area contributed by atoms with Gasteiger partial charge in [-0.1, -0.05) is 33.1 Å². The molecule has 144 valence electrons. The lowest BCUT2D eigenvalue weighted by atomic mass is 9.83. The topological polar surface area (TPSA) is 96.4 Å². The molecule has 2 aliphatic rings. The van der Waals surface area contributed by atoms with E-state index in [1.807, 2.05) is 19.9 Å². The van der Waals surface area contributed by atoms with Gasteiger partial charge in [-0.15, -0.1) is 0 Å². The molecular formula is C21H32N2O3. The smallest absolute Gasteiger partial charge is 0.337 e. The highest BCUT2D eigenvalue weighted by molar-refractivity contribution is 5.78. The lowest BCUT2D eigenvalue weighted by Gasteiger charge is -2.31. The van der Waals surface area contributed by atoms with Gasteiger partial charge in [-0.05, 0) is 60.6 Å². The molecule has 1 fully saturated rings. The second kappa shape index (κ2) is 7.65. The van der Waals surface area contributed by atoms with Crippen LogP contribution in [-0.4, -0.2) is 32.8 Å². The molecule has 1 heterocycles. The maximum atomic E-state index is 11.8. The zero-order chi connectivity index (χ0) is 18.9. The van der Waals surface area contributed by atoms with Gasteiger partial charge in [0.25, 0.3) is 0 Å². The predicted molar refractivity (Wildman–Crippen MR) is 101 cm³/mol. The van der Waals surface area contributed by atoms with Crippen LogP contribution in [0, 0.1) is 17.8 Å². The van der Waals surface area contributed by atoms with Crippen molar-refractivity contribution in [2.45, 2.75) is 76.9 Å². The Morgan fingerprint density at radius 2 is 2.00 bits per heavy atom. The number of hydrogen-bond acceptors (Lipinski definition) is 4. The van der Waals surface area contributed by atoms with E-state index in [1.165, 1.54) is 31.2 Å². The zero-order valence-corrected chi connectivity index (χ0v) is 15.9. The third-order valence-electron chi connectivity index (χ3n) is 6.07. The van der Waals surface area contributed by atoms with Crippen molar-refractivity contribution in [2.24, 2.45) is 23.5 Å². The number of nitrogens with zero attached hydrogens (tertiary/aromatic N) is 1. The van der Waals surface area contributed by atoms with Gasteiger partial charge in [-0.2, -0.15) is 0 Å². The molecule has 2 aliphatic carbocycles. The second-order valence-corrected chi connectivity index (χ2v) is 8.83. The van der Waals surface area contributed by atoms with E-state index in [4.69, 9.17) is 5.73 Å². The van der Waals surface area contributed by atoms with E-state index in [9.17, 15) is 15.0 Å². The summed E-state index contributed by atoms with van der Waals surface area (Å²) in [5, 5.41) is 20.5. The predicted octanol–water partition coefficient (Wildman–Crippen LogP) is 2.72. The number of hydrogen-bond donors (Lipinski definition) is 3. The Labute approximate surface area is 156 Å². The summed E-state index contributed by atoms with van der Waals surface area (Å²) in [6.45, 7) is 3.95. The Kier molecular flexibility index (Phi) is 5.68. The second-order valence-electron chi connectivity index (χ2n) is 8.83. The quantitative estimate of drug-likeness (QED) is 0.629. The van der Waals surface area contributed by atoms with Crippen molar-refractivity contribution in [3.63, 3.8) is 0 Å². The van der Waals surface area contributed by atoms with E-state index in [0.29, 0.717) is 18.0 Å². The Morgan fingerprint density at radius 1 is 1.31 bits per heavy atom. The van der Waals surface area contributed by atoms with Crippen LogP contribution in [0.1, 0.15) is 62.8 Å². The summed E-state index contributed by atoms with van der Waals surface area (Å²) in [6.07, 6.45) is 9.47. The Bertz CT molecular complexity index is 657. The summed E-state index contributed by atoms with van der Waals surface area (Å²) < 4.78 is 0. The fraction of sp³-hybridized carbons (Fsp3) is 0.714. The number of fused-ring (bicyclic) bond motifs is 1. The third kappa shape index (κ3) is 4.26. The Morgan fingerprint density at radius 3 is 2.62 bits per heavy atom. The Hall–Kier alpha value is -1.46. The summed E-state index contributed by atoms with van der Waals surface area (Å²) in [5.74, 6) is 0.517. The van der Waals surface area contributed by atoms with Crippen molar-refractivity contribution in [2.75, 3.05) is 0 Å². The zero-order valence-electron chi connectivity index (χ0n) is 15.9. The van der Waals surface area contributed by atoms with E-state index >= 15 is 0 Å². The van der Waals surface area contributed by atoms with Gasteiger partial charge in [0.2, 0.25) is 0 Å². The fourth-order valence-corrected chi connectivity index (χ4v) is 4.25.